The topological polar surface area (TPSA) is 94.9 Å². The van der Waals surface area contributed by atoms with E-state index >= 15 is 0 Å². The van der Waals surface area contributed by atoms with Gasteiger partial charge in [-0.25, -0.2) is 13.2 Å². The molecule has 9 heteroatoms. The van der Waals surface area contributed by atoms with Crippen molar-refractivity contribution in [2.75, 3.05) is 32.7 Å². The minimum Gasteiger partial charge on any atom is -0.468 e. The number of furan rings is 1. The molecule has 1 saturated heterocycles. The van der Waals surface area contributed by atoms with Crippen LogP contribution in [-0.2, 0) is 16.6 Å². The van der Waals surface area contributed by atoms with Gasteiger partial charge in [-0.3, -0.25) is 4.90 Å². The average molecular weight is 463 g/mol. The van der Waals surface area contributed by atoms with Crippen LogP contribution in [0, 0.1) is 0 Å². The summed E-state index contributed by atoms with van der Waals surface area (Å²) in [6, 6.07) is 10.2. The monoisotopic (exact) mass is 462 g/mol. The molecule has 2 N–H and O–H groups in total. The number of urea groups is 1. The fourth-order valence-corrected chi connectivity index (χ4v) is 5.50. The summed E-state index contributed by atoms with van der Waals surface area (Å²) < 4.78 is 32.2. The molecule has 0 radical (unpaired) electrons. The molecule has 1 aliphatic heterocycles. The number of hydrogen-bond donors (Lipinski definition) is 2. The smallest absolute Gasteiger partial charge is 0.315 e. The fourth-order valence-electron chi connectivity index (χ4n) is 4.05. The lowest BCUT2D eigenvalue weighted by Crippen LogP contribution is -2.43. The second-order valence-electron chi connectivity index (χ2n) is 7.92. The van der Waals surface area contributed by atoms with Crippen LogP contribution >= 0.6 is 0 Å². The van der Waals surface area contributed by atoms with Crippen molar-refractivity contribution < 1.29 is 17.6 Å². The van der Waals surface area contributed by atoms with Crippen LogP contribution in [-0.4, -0.2) is 56.4 Å². The first kappa shape index (κ1) is 24.3. The number of likely N-dealkylation sites (tertiary alicyclic amines) is 1. The third kappa shape index (κ3) is 6.11. The molecule has 176 valence electrons. The number of hydrogen-bond acceptors (Lipinski definition) is 5. The molecule has 2 amide bonds. The summed E-state index contributed by atoms with van der Waals surface area (Å²) in [6.45, 7) is 7.26. The number of nitrogens with one attached hydrogen (secondary N) is 2. The Morgan fingerprint density at radius 1 is 1.06 bits per heavy atom. The Labute approximate surface area is 191 Å². The first-order chi connectivity index (χ1) is 15.5. The molecule has 0 saturated carbocycles. The van der Waals surface area contributed by atoms with Crippen molar-refractivity contribution >= 4 is 16.1 Å². The zero-order chi connectivity index (χ0) is 23.0. The highest BCUT2D eigenvalue weighted by molar-refractivity contribution is 7.89. The van der Waals surface area contributed by atoms with Crippen LogP contribution in [0.5, 0.6) is 0 Å². The van der Waals surface area contributed by atoms with Crippen LogP contribution in [0.15, 0.2) is 52.0 Å². The van der Waals surface area contributed by atoms with Crippen LogP contribution in [0.3, 0.4) is 0 Å². The molecule has 1 unspecified atom stereocenters. The van der Waals surface area contributed by atoms with Gasteiger partial charge in [-0.1, -0.05) is 32.4 Å². The molecular weight excluding hydrogens is 428 g/mol. The molecule has 2 aromatic rings. The fraction of sp³-hybridized carbons (Fsp3) is 0.522. The van der Waals surface area contributed by atoms with Crippen molar-refractivity contribution in [3.05, 3.63) is 54.0 Å². The van der Waals surface area contributed by atoms with Crippen molar-refractivity contribution in [2.24, 2.45) is 0 Å². The molecule has 8 nitrogen and oxygen atoms in total. The van der Waals surface area contributed by atoms with Gasteiger partial charge in [0.2, 0.25) is 10.0 Å². The summed E-state index contributed by atoms with van der Waals surface area (Å²) in [4.78, 5) is 15.0. The Balaban J connectivity index is 1.53. The van der Waals surface area contributed by atoms with Crippen LogP contribution in [0.25, 0.3) is 0 Å². The molecule has 1 atom stereocenters. The van der Waals surface area contributed by atoms with Gasteiger partial charge < -0.3 is 15.1 Å². The van der Waals surface area contributed by atoms with E-state index in [9.17, 15) is 13.2 Å². The summed E-state index contributed by atoms with van der Waals surface area (Å²) >= 11 is 0. The minimum absolute atomic E-state index is 0.0145. The number of benzene rings is 1. The van der Waals surface area contributed by atoms with Crippen molar-refractivity contribution in [1.82, 2.24) is 19.8 Å². The largest absolute Gasteiger partial charge is 0.468 e. The van der Waals surface area contributed by atoms with Crippen molar-refractivity contribution in [3.8, 4) is 0 Å². The highest BCUT2D eigenvalue weighted by Gasteiger charge is 2.25. The van der Waals surface area contributed by atoms with Gasteiger partial charge in [0.25, 0.3) is 0 Å². The Kier molecular flexibility index (Phi) is 8.72. The highest BCUT2D eigenvalue weighted by atomic mass is 32.2. The summed E-state index contributed by atoms with van der Waals surface area (Å²) in [5, 5.41) is 5.80. The SMILES string of the molecule is CCN(CC)S(=O)(=O)c1ccc(CNC(=O)NCC(c2ccco2)N2CCCCC2)cc1. The van der Waals surface area contributed by atoms with Gasteiger partial charge in [-0.15, -0.1) is 0 Å². The molecule has 2 heterocycles. The molecule has 0 bridgehead atoms. The summed E-state index contributed by atoms with van der Waals surface area (Å²) in [7, 11) is -3.48. The van der Waals surface area contributed by atoms with Crippen molar-refractivity contribution in [1.29, 1.82) is 0 Å². The lowest BCUT2D eigenvalue weighted by Gasteiger charge is -2.33. The number of carbonyl (C=O) groups excluding carboxylic acids is 1. The van der Waals surface area contributed by atoms with E-state index in [0.717, 1.165) is 37.3 Å². The standard InChI is InChI=1S/C23H34N4O4S/c1-3-27(4-2)32(29,30)20-12-10-19(11-13-20)17-24-23(28)25-18-21(22-9-8-16-31-22)26-14-6-5-7-15-26/h8-13,16,21H,3-7,14-15,17-18H2,1-2H3,(H2,24,25,28). The van der Waals surface area contributed by atoms with Gasteiger partial charge in [0.15, 0.2) is 0 Å². The van der Waals surface area contributed by atoms with E-state index in [0.29, 0.717) is 26.2 Å². The first-order valence-corrected chi connectivity index (χ1v) is 12.8. The van der Waals surface area contributed by atoms with E-state index in [1.807, 2.05) is 26.0 Å². The maximum atomic E-state index is 12.6. The molecule has 3 rings (SSSR count). The number of rotatable bonds is 10. The van der Waals surface area contributed by atoms with Crippen LogP contribution in [0.1, 0.15) is 50.5 Å². The second kappa shape index (κ2) is 11.5. The van der Waals surface area contributed by atoms with E-state index in [1.54, 1.807) is 30.5 Å². The van der Waals surface area contributed by atoms with Crippen molar-refractivity contribution in [3.63, 3.8) is 0 Å². The maximum absolute atomic E-state index is 12.6. The van der Waals surface area contributed by atoms with E-state index in [2.05, 4.69) is 15.5 Å². The van der Waals surface area contributed by atoms with Crippen LogP contribution in [0.4, 0.5) is 4.79 Å². The Hall–Kier alpha value is -2.36. The van der Waals surface area contributed by atoms with E-state index in [-0.39, 0.29) is 17.0 Å². The summed E-state index contributed by atoms with van der Waals surface area (Å²) in [6.07, 6.45) is 5.22. The molecular formula is C23H34N4O4S. The van der Waals surface area contributed by atoms with Gasteiger partial charge in [0.05, 0.1) is 17.2 Å². The van der Waals surface area contributed by atoms with Gasteiger partial charge in [-0.05, 0) is 55.8 Å². The van der Waals surface area contributed by atoms with Crippen LogP contribution < -0.4 is 10.6 Å². The maximum Gasteiger partial charge on any atom is 0.315 e. The predicted octanol–water partition coefficient (Wildman–Crippen LogP) is 3.34. The third-order valence-electron chi connectivity index (χ3n) is 5.88. The second-order valence-corrected chi connectivity index (χ2v) is 9.86. The number of carbonyl (C=O) groups is 1. The molecule has 1 aromatic carbocycles. The number of amides is 2. The Morgan fingerprint density at radius 2 is 1.75 bits per heavy atom. The van der Waals surface area contributed by atoms with E-state index in [1.165, 1.54) is 10.7 Å². The van der Waals surface area contributed by atoms with Gasteiger partial charge in [0.1, 0.15) is 5.76 Å². The van der Waals surface area contributed by atoms with Gasteiger partial charge in [0, 0.05) is 26.2 Å². The average Bonchev–Trinajstić information content (AvgIpc) is 3.34. The third-order valence-corrected chi connectivity index (χ3v) is 7.94. The van der Waals surface area contributed by atoms with Gasteiger partial charge >= 0.3 is 6.03 Å². The van der Waals surface area contributed by atoms with Crippen molar-refractivity contribution in [2.45, 2.75) is 50.6 Å². The lowest BCUT2D eigenvalue weighted by atomic mass is 10.1. The Bertz CT molecular complexity index is 935. The molecule has 1 aliphatic rings. The minimum atomic E-state index is -3.48. The van der Waals surface area contributed by atoms with Crippen LogP contribution in [0.2, 0.25) is 0 Å². The normalized spacial score (nSPS) is 16.1. The first-order valence-electron chi connectivity index (χ1n) is 11.3. The summed E-state index contributed by atoms with van der Waals surface area (Å²) in [5.41, 5.74) is 0.831. The predicted molar refractivity (Wildman–Crippen MR) is 124 cm³/mol. The highest BCUT2D eigenvalue weighted by Crippen LogP contribution is 2.24. The molecule has 1 aromatic heterocycles. The zero-order valence-corrected chi connectivity index (χ0v) is 19.7. The molecule has 0 aliphatic carbocycles. The zero-order valence-electron chi connectivity index (χ0n) is 18.9. The van der Waals surface area contributed by atoms with E-state index in [4.69, 9.17) is 4.42 Å². The number of sulfonamides is 1. The van der Waals surface area contributed by atoms with Gasteiger partial charge in [-0.2, -0.15) is 4.31 Å². The van der Waals surface area contributed by atoms with E-state index < -0.39 is 10.0 Å². The lowest BCUT2D eigenvalue weighted by molar-refractivity contribution is 0.143. The summed E-state index contributed by atoms with van der Waals surface area (Å²) in [5.74, 6) is 0.859. The molecule has 1 fully saturated rings. The number of nitrogens with zero attached hydrogens (tertiary/aromatic N) is 2. The Morgan fingerprint density at radius 3 is 2.34 bits per heavy atom. The number of piperidine rings is 1. The quantitative estimate of drug-likeness (QED) is 0.565. The molecule has 32 heavy (non-hydrogen) atoms. The molecule has 0 spiro atoms.